The maximum Gasteiger partial charge on any atom is 0.0630 e. The number of aliphatic hydroxyl groups is 4. The fraction of sp³-hybridized carbons (Fsp3) is 0.862. The van der Waals surface area contributed by atoms with Crippen LogP contribution in [0.3, 0.4) is 0 Å². The van der Waals surface area contributed by atoms with E-state index in [1.165, 1.54) is 38.5 Å². The Labute approximate surface area is 202 Å². The van der Waals surface area contributed by atoms with E-state index in [9.17, 15) is 15.3 Å². The Morgan fingerprint density at radius 1 is 1.09 bits per heavy atom. The van der Waals surface area contributed by atoms with E-state index >= 15 is 0 Å². The number of hydrogen-bond acceptors (Lipinski definition) is 4. The van der Waals surface area contributed by atoms with Crippen LogP contribution in [0.1, 0.15) is 105 Å². The van der Waals surface area contributed by atoms with E-state index < -0.39 is 17.8 Å². The lowest BCUT2D eigenvalue weighted by Gasteiger charge is -2.44. The molecule has 6 atom stereocenters. The summed E-state index contributed by atoms with van der Waals surface area (Å²) >= 11 is 0. The van der Waals surface area contributed by atoms with Crippen LogP contribution in [0.4, 0.5) is 0 Å². The quantitative estimate of drug-likeness (QED) is 0.363. The molecule has 3 saturated carbocycles. The summed E-state index contributed by atoms with van der Waals surface area (Å²) in [5, 5.41) is 40.3. The Balaban J connectivity index is 1.64. The van der Waals surface area contributed by atoms with Gasteiger partial charge in [0, 0.05) is 12.5 Å². The van der Waals surface area contributed by atoms with Gasteiger partial charge in [0.15, 0.2) is 0 Å². The number of aliphatic hydroxyl groups excluding tert-OH is 3. The Kier molecular flexibility index (Phi) is 9.27. The molecule has 0 heterocycles. The molecule has 0 bridgehead atoms. The molecule has 0 aromatic carbocycles. The summed E-state index contributed by atoms with van der Waals surface area (Å²) in [6.07, 6.45) is 15.6. The SMILES string of the molecule is CC(CCCC(C)(C)O)C1CCC2/C(=C/C=C3CC(O)C(CCCO)C(O)C3)CCCC21C. The van der Waals surface area contributed by atoms with Crippen LogP contribution in [0, 0.1) is 29.1 Å². The molecule has 0 saturated heterocycles. The third-order valence-electron chi connectivity index (χ3n) is 9.33. The van der Waals surface area contributed by atoms with Crippen LogP contribution in [0.25, 0.3) is 0 Å². The molecule has 3 fully saturated rings. The number of allylic oxidation sites excluding steroid dienone is 3. The Morgan fingerprint density at radius 3 is 2.42 bits per heavy atom. The minimum Gasteiger partial charge on any atom is -0.396 e. The van der Waals surface area contributed by atoms with Gasteiger partial charge >= 0.3 is 0 Å². The number of fused-ring (bicyclic) bond motifs is 1. The molecular weight excluding hydrogens is 412 g/mol. The molecule has 0 spiro atoms. The molecule has 3 aliphatic carbocycles. The van der Waals surface area contributed by atoms with E-state index in [0.29, 0.717) is 42.9 Å². The van der Waals surface area contributed by atoms with Gasteiger partial charge in [0.1, 0.15) is 0 Å². The van der Waals surface area contributed by atoms with E-state index in [4.69, 9.17) is 5.11 Å². The molecule has 0 aromatic rings. The van der Waals surface area contributed by atoms with Crippen LogP contribution in [-0.4, -0.2) is 44.8 Å². The molecular formula is C29H50O4. The maximum absolute atomic E-state index is 10.6. The minimum atomic E-state index is -0.560. The molecule has 4 nitrogen and oxygen atoms in total. The van der Waals surface area contributed by atoms with Gasteiger partial charge in [-0.3, -0.25) is 0 Å². The van der Waals surface area contributed by atoms with Gasteiger partial charge in [0.05, 0.1) is 17.8 Å². The van der Waals surface area contributed by atoms with Crippen LogP contribution in [0.15, 0.2) is 23.3 Å². The van der Waals surface area contributed by atoms with Crippen molar-refractivity contribution >= 4 is 0 Å². The highest BCUT2D eigenvalue weighted by Gasteiger charge is 2.50. The van der Waals surface area contributed by atoms with Crippen molar-refractivity contribution in [3.63, 3.8) is 0 Å². The molecule has 3 rings (SSSR count). The van der Waals surface area contributed by atoms with Crippen LogP contribution in [0.5, 0.6) is 0 Å². The first-order chi connectivity index (χ1) is 15.5. The zero-order valence-corrected chi connectivity index (χ0v) is 21.6. The number of hydrogen-bond donors (Lipinski definition) is 4. The summed E-state index contributed by atoms with van der Waals surface area (Å²) in [6.45, 7) is 8.90. The van der Waals surface area contributed by atoms with Gasteiger partial charge in [-0.1, -0.05) is 50.0 Å². The first-order valence-corrected chi connectivity index (χ1v) is 13.6. The van der Waals surface area contributed by atoms with Gasteiger partial charge in [-0.2, -0.15) is 0 Å². The zero-order valence-electron chi connectivity index (χ0n) is 21.6. The molecule has 0 radical (unpaired) electrons. The van der Waals surface area contributed by atoms with Gasteiger partial charge in [-0.05, 0) is 101 Å². The maximum atomic E-state index is 10.6. The summed E-state index contributed by atoms with van der Waals surface area (Å²) in [5.74, 6) is 1.99. The van der Waals surface area contributed by atoms with E-state index in [1.807, 2.05) is 13.8 Å². The fourth-order valence-electron chi connectivity index (χ4n) is 7.52. The summed E-state index contributed by atoms with van der Waals surface area (Å²) < 4.78 is 0. The second-order valence-corrected chi connectivity index (χ2v) is 12.4. The van der Waals surface area contributed by atoms with Gasteiger partial charge < -0.3 is 20.4 Å². The molecule has 3 aliphatic rings. The Morgan fingerprint density at radius 2 is 1.79 bits per heavy atom. The van der Waals surface area contributed by atoms with Crippen LogP contribution in [-0.2, 0) is 0 Å². The van der Waals surface area contributed by atoms with Crippen LogP contribution >= 0.6 is 0 Å². The molecule has 0 amide bonds. The van der Waals surface area contributed by atoms with Gasteiger partial charge in [0.2, 0.25) is 0 Å². The van der Waals surface area contributed by atoms with Gasteiger partial charge in [-0.25, -0.2) is 0 Å². The van der Waals surface area contributed by atoms with Crippen molar-refractivity contribution in [3.8, 4) is 0 Å². The van der Waals surface area contributed by atoms with Gasteiger partial charge in [-0.15, -0.1) is 0 Å². The molecule has 0 aromatic heterocycles. The van der Waals surface area contributed by atoms with E-state index in [-0.39, 0.29) is 12.5 Å². The third kappa shape index (κ3) is 6.72. The van der Waals surface area contributed by atoms with E-state index in [0.717, 1.165) is 24.3 Å². The van der Waals surface area contributed by atoms with Crippen molar-refractivity contribution in [2.45, 2.75) is 123 Å². The van der Waals surface area contributed by atoms with Crippen LogP contribution < -0.4 is 0 Å². The molecule has 33 heavy (non-hydrogen) atoms. The Hall–Kier alpha value is -0.680. The highest BCUT2D eigenvalue weighted by Crippen LogP contribution is 2.60. The largest absolute Gasteiger partial charge is 0.396 e. The number of rotatable bonds is 9. The molecule has 6 unspecified atom stereocenters. The standard InChI is InChI=1S/C29H50O4/c1-20(8-5-15-28(2,3)33)24-13-14-25-22(9-6-16-29(24,25)4)12-11-21-18-26(31)23(10-7-17-30)27(32)19-21/h11-12,20,23-27,30-33H,5-10,13-19H2,1-4H3/b21-11?,22-12+. The molecule has 4 heteroatoms. The third-order valence-corrected chi connectivity index (χ3v) is 9.33. The first-order valence-electron chi connectivity index (χ1n) is 13.6. The van der Waals surface area contributed by atoms with Gasteiger partial charge in [0.25, 0.3) is 0 Å². The summed E-state index contributed by atoms with van der Waals surface area (Å²) in [5.41, 5.74) is 2.55. The lowest BCUT2D eigenvalue weighted by molar-refractivity contribution is -0.0119. The predicted octanol–water partition coefficient (Wildman–Crippen LogP) is 5.54. The second kappa shape index (κ2) is 11.4. The van der Waals surface area contributed by atoms with Crippen molar-refractivity contribution in [3.05, 3.63) is 23.3 Å². The summed E-state index contributed by atoms with van der Waals surface area (Å²) in [7, 11) is 0. The summed E-state index contributed by atoms with van der Waals surface area (Å²) in [4.78, 5) is 0. The van der Waals surface area contributed by atoms with Crippen molar-refractivity contribution < 1.29 is 20.4 Å². The van der Waals surface area contributed by atoms with Crippen molar-refractivity contribution in [1.82, 2.24) is 0 Å². The monoisotopic (exact) mass is 462 g/mol. The normalized spacial score (nSPS) is 37.3. The average molecular weight is 463 g/mol. The van der Waals surface area contributed by atoms with E-state index in [1.54, 1.807) is 5.57 Å². The summed E-state index contributed by atoms with van der Waals surface area (Å²) in [6, 6.07) is 0. The zero-order chi connectivity index (χ0) is 24.2. The highest BCUT2D eigenvalue weighted by molar-refractivity contribution is 5.26. The minimum absolute atomic E-state index is 0.115. The van der Waals surface area contributed by atoms with Crippen molar-refractivity contribution in [2.24, 2.45) is 29.1 Å². The first kappa shape index (κ1) is 26.9. The lowest BCUT2D eigenvalue weighted by atomic mass is 9.60. The highest BCUT2D eigenvalue weighted by atomic mass is 16.3. The molecule has 0 aliphatic heterocycles. The second-order valence-electron chi connectivity index (χ2n) is 12.4. The predicted molar refractivity (Wildman–Crippen MR) is 135 cm³/mol. The van der Waals surface area contributed by atoms with E-state index in [2.05, 4.69) is 26.0 Å². The van der Waals surface area contributed by atoms with Crippen molar-refractivity contribution in [2.75, 3.05) is 6.61 Å². The molecule has 4 N–H and O–H groups in total. The topological polar surface area (TPSA) is 80.9 Å². The molecule has 190 valence electrons. The lowest BCUT2D eigenvalue weighted by Crippen LogP contribution is -2.37. The fourth-order valence-corrected chi connectivity index (χ4v) is 7.52. The van der Waals surface area contributed by atoms with Crippen LogP contribution in [0.2, 0.25) is 0 Å². The average Bonchev–Trinajstić information content (AvgIpc) is 3.08. The Bertz CT molecular complexity index is 676. The smallest absolute Gasteiger partial charge is 0.0630 e. The van der Waals surface area contributed by atoms with Crippen molar-refractivity contribution in [1.29, 1.82) is 0 Å².